The Bertz CT molecular complexity index is 991. The lowest BCUT2D eigenvalue weighted by molar-refractivity contribution is -0.115. The third kappa shape index (κ3) is 11.2. The average Bonchev–Trinajstić information content (AvgIpc) is 2.83. The van der Waals surface area contributed by atoms with Crippen LogP contribution in [0.3, 0.4) is 0 Å². The lowest BCUT2D eigenvalue weighted by Gasteiger charge is -2.06. The fourth-order valence-corrected chi connectivity index (χ4v) is 2.26. The molecule has 0 aromatic heterocycles. The van der Waals surface area contributed by atoms with Crippen molar-refractivity contribution in [3.8, 4) is 11.5 Å². The molecule has 7 heteroatoms. The fourth-order valence-electron chi connectivity index (χ4n) is 2.26. The van der Waals surface area contributed by atoms with Crippen molar-refractivity contribution in [2.45, 2.75) is 20.5 Å². The summed E-state index contributed by atoms with van der Waals surface area (Å²) in [5.74, 6) is 0.291. The van der Waals surface area contributed by atoms with Crippen molar-refractivity contribution in [3.63, 3.8) is 0 Å². The molecular formula is C26H28O7. The van der Waals surface area contributed by atoms with Gasteiger partial charge in [0.25, 0.3) is 0 Å². The van der Waals surface area contributed by atoms with Gasteiger partial charge in [0.05, 0.1) is 25.3 Å². The third-order valence-corrected chi connectivity index (χ3v) is 3.81. The van der Waals surface area contributed by atoms with Crippen LogP contribution in [-0.2, 0) is 20.9 Å². The number of rotatable bonds is 5. The molecule has 174 valence electrons. The van der Waals surface area contributed by atoms with E-state index in [4.69, 9.17) is 9.84 Å². The number of phenolic OH excluding ortho intramolecular Hbond substituents is 1. The molecular weight excluding hydrogens is 424 g/mol. The summed E-state index contributed by atoms with van der Waals surface area (Å²) >= 11 is 0. The van der Waals surface area contributed by atoms with Crippen LogP contribution >= 0.6 is 0 Å². The number of hydrogen-bond acceptors (Lipinski definition) is 7. The first-order chi connectivity index (χ1) is 15.8. The molecule has 3 rings (SSSR count). The maximum Gasteiger partial charge on any atom is 0.337 e. The molecule has 0 aliphatic rings. The summed E-state index contributed by atoms with van der Waals surface area (Å²) in [4.78, 5) is 31.5. The van der Waals surface area contributed by atoms with Gasteiger partial charge in [-0.3, -0.25) is 0 Å². The van der Waals surface area contributed by atoms with Crippen LogP contribution in [-0.4, -0.2) is 37.0 Å². The molecule has 0 aliphatic carbocycles. The van der Waals surface area contributed by atoms with E-state index in [1.54, 1.807) is 24.3 Å². The number of benzene rings is 3. The Morgan fingerprint density at radius 3 is 1.55 bits per heavy atom. The molecule has 3 aromatic rings. The van der Waals surface area contributed by atoms with Gasteiger partial charge < -0.3 is 24.1 Å². The molecule has 0 amide bonds. The number of carbonyl (C=O) groups is 3. The van der Waals surface area contributed by atoms with E-state index in [0.717, 1.165) is 11.3 Å². The van der Waals surface area contributed by atoms with Crippen LogP contribution in [0.2, 0.25) is 0 Å². The van der Waals surface area contributed by atoms with Crippen LogP contribution in [0, 0.1) is 0 Å². The van der Waals surface area contributed by atoms with Crippen molar-refractivity contribution < 1.29 is 33.7 Å². The van der Waals surface area contributed by atoms with E-state index in [1.165, 1.54) is 52.3 Å². The second-order valence-corrected chi connectivity index (χ2v) is 6.74. The highest BCUT2D eigenvalue weighted by molar-refractivity contribution is 5.89. The van der Waals surface area contributed by atoms with Gasteiger partial charge in [-0.15, -0.1) is 0 Å². The number of ether oxygens (including phenoxy) is 3. The molecule has 3 aromatic carbocycles. The van der Waals surface area contributed by atoms with Crippen molar-refractivity contribution in [1.82, 2.24) is 0 Å². The van der Waals surface area contributed by atoms with E-state index in [1.807, 2.05) is 30.3 Å². The van der Waals surface area contributed by atoms with Gasteiger partial charge in [-0.1, -0.05) is 30.3 Å². The standard InChI is InChI=1S/C15H14O3.C8H8O3.C3H6O/c1-17-15(16)13-7-9-14(10-8-13)18-11-12-5-3-2-4-6-12;1-11-8(10)6-2-4-7(9)5-3-6;1-3(2)4/h2-10H,11H2,1H3;2-5,9H,1H3;1-2H3. The number of carbonyl (C=O) groups excluding carboxylic acids is 3. The van der Waals surface area contributed by atoms with Crippen LogP contribution in [0.25, 0.3) is 0 Å². The van der Waals surface area contributed by atoms with Gasteiger partial charge in [0.2, 0.25) is 0 Å². The minimum Gasteiger partial charge on any atom is -0.508 e. The number of esters is 2. The van der Waals surface area contributed by atoms with Gasteiger partial charge >= 0.3 is 11.9 Å². The zero-order valence-corrected chi connectivity index (χ0v) is 19.1. The van der Waals surface area contributed by atoms with Crippen LogP contribution in [0.1, 0.15) is 40.1 Å². The van der Waals surface area contributed by atoms with Gasteiger partial charge in [0.1, 0.15) is 23.9 Å². The first-order valence-electron chi connectivity index (χ1n) is 9.96. The third-order valence-electron chi connectivity index (χ3n) is 3.81. The predicted octanol–water partition coefficient (Wildman–Crippen LogP) is 4.83. The van der Waals surface area contributed by atoms with E-state index in [9.17, 15) is 14.4 Å². The van der Waals surface area contributed by atoms with E-state index in [-0.39, 0.29) is 17.5 Å². The minimum atomic E-state index is -0.398. The lowest BCUT2D eigenvalue weighted by atomic mass is 10.2. The Morgan fingerprint density at radius 1 is 0.697 bits per heavy atom. The molecule has 0 spiro atoms. The summed E-state index contributed by atoms with van der Waals surface area (Å²) in [5, 5.41) is 8.86. The van der Waals surface area contributed by atoms with E-state index in [2.05, 4.69) is 9.47 Å². The summed E-state index contributed by atoms with van der Waals surface area (Å²) in [6.07, 6.45) is 0. The number of phenols is 1. The highest BCUT2D eigenvalue weighted by Gasteiger charge is 2.04. The van der Waals surface area contributed by atoms with E-state index in [0.29, 0.717) is 17.7 Å². The molecule has 0 saturated carbocycles. The van der Waals surface area contributed by atoms with Gasteiger partial charge in [-0.2, -0.15) is 0 Å². The van der Waals surface area contributed by atoms with Crippen LogP contribution in [0.5, 0.6) is 11.5 Å². The second-order valence-electron chi connectivity index (χ2n) is 6.74. The number of aromatic hydroxyl groups is 1. The maximum absolute atomic E-state index is 11.2. The SMILES string of the molecule is CC(C)=O.COC(=O)c1ccc(O)cc1.COC(=O)c1ccc(OCc2ccccc2)cc1. The Kier molecular flexibility index (Phi) is 12.1. The van der Waals surface area contributed by atoms with Crippen molar-refractivity contribution in [2.24, 2.45) is 0 Å². The smallest absolute Gasteiger partial charge is 0.337 e. The Morgan fingerprint density at radius 2 is 1.12 bits per heavy atom. The Balaban J connectivity index is 0.000000309. The summed E-state index contributed by atoms with van der Waals surface area (Å²) < 4.78 is 14.7. The van der Waals surface area contributed by atoms with E-state index < -0.39 is 5.97 Å². The topological polar surface area (TPSA) is 99.1 Å². The number of ketones is 1. The van der Waals surface area contributed by atoms with Crippen molar-refractivity contribution in [2.75, 3.05) is 14.2 Å². The number of Topliss-reactive ketones (excluding diaryl/α,β-unsaturated/α-hetero) is 1. The largest absolute Gasteiger partial charge is 0.508 e. The number of hydrogen-bond donors (Lipinski definition) is 1. The molecule has 0 bridgehead atoms. The first-order valence-corrected chi connectivity index (χ1v) is 9.96. The molecule has 0 heterocycles. The van der Waals surface area contributed by atoms with Gasteiger partial charge in [0.15, 0.2) is 0 Å². The summed E-state index contributed by atoms with van der Waals surface area (Å²) in [6.45, 7) is 3.57. The van der Waals surface area contributed by atoms with Crippen molar-refractivity contribution >= 4 is 17.7 Å². The molecule has 0 atom stereocenters. The zero-order chi connectivity index (χ0) is 24.6. The monoisotopic (exact) mass is 452 g/mol. The number of methoxy groups -OCH3 is 2. The van der Waals surface area contributed by atoms with Gasteiger partial charge in [-0.05, 0) is 67.9 Å². The average molecular weight is 453 g/mol. The summed E-state index contributed by atoms with van der Waals surface area (Å²) in [5.41, 5.74) is 2.06. The van der Waals surface area contributed by atoms with Gasteiger partial charge in [-0.25, -0.2) is 9.59 Å². The highest BCUT2D eigenvalue weighted by Crippen LogP contribution is 2.14. The highest BCUT2D eigenvalue weighted by atomic mass is 16.5. The molecule has 0 saturated heterocycles. The van der Waals surface area contributed by atoms with Crippen molar-refractivity contribution in [1.29, 1.82) is 0 Å². The molecule has 0 unspecified atom stereocenters. The quantitative estimate of drug-likeness (QED) is 0.554. The maximum atomic E-state index is 11.2. The van der Waals surface area contributed by atoms with Crippen LogP contribution < -0.4 is 4.74 Å². The van der Waals surface area contributed by atoms with Gasteiger partial charge in [0, 0.05) is 0 Å². The summed E-state index contributed by atoms with van der Waals surface area (Å²) in [7, 11) is 2.68. The molecule has 1 N–H and O–H groups in total. The minimum absolute atomic E-state index is 0.137. The Labute approximate surface area is 193 Å². The second kappa shape index (κ2) is 14.8. The Hall–Kier alpha value is -4.13. The predicted molar refractivity (Wildman–Crippen MR) is 124 cm³/mol. The van der Waals surface area contributed by atoms with Crippen LogP contribution in [0.15, 0.2) is 78.9 Å². The normalized spacial score (nSPS) is 9.21. The molecule has 0 aliphatic heterocycles. The molecule has 0 fully saturated rings. The zero-order valence-electron chi connectivity index (χ0n) is 19.1. The fraction of sp³-hybridized carbons (Fsp3) is 0.192. The van der Waals surface area contributed by atoms with Crippen molar-refractivity contribution in [3.05, 3.63) is 95.6 Å². The molecule has 33 heavy (non-hydrogen) atoms. The van der Waals surface area contributed by atoms with E-state index >= 15 is 0 Å². The van der Waals surface area contributed by atoms with Crippen LogP contribution in [0.4, 0.5) is 0 Å². The molecule has 0 radical (unpaired) electrons. The first kappa shape index (κ1) is 26.9. The summed E-state index contributed by atoms with van der Waals surface area (Å²) in [6, 6.07) is 22.7. The molecule has 7 nitrogen and oxygen atoms in total. The lowest BCUT2D eigenvalue weighted by Crippen LogP contribution is -2.01.